The largest absolute Gasteiger partial charge is 0.435 e. The Hall–Kier alpha value is -4.37. The minimum Gasteiger partial charge on any atom is -0.435 e. The zero-order chi connectivity index (χ0) is 25.9. The number of aryl methyl sites for hydroxylation is 2. The first kappa shape index (κ1) is 24.3. The number of hydrogen-bond acceptors (Lipinski definition) is 4. The topological polar surface area (TPSA) is 63.0 Å². The summed E-state index contributed by atoms with van der Waals surface area (Å²) in [7, 11) is 0. The Morgan fingerprint density at radius 2 is 1.81 bits per heavy atom. The second-order valence-electron chi connectivity index (χ2n) is 8.49. The van der Waals surface area contributed by atoms with Gasteiger partial charge in [-0.15, -0.1) is 0 Å². The average Bonchev–Trinajstić information content (AvgIpc) is 3.31. The molecule has 0 radical (unpaired) electrons. The maximum Gasteiger partial charge on any atom is 0.387 e. The summed E-state index contributed by atoms with van der Waals surface area (Å²) in [5, 5.41) is 9.87. The Balaban J connectivity index is 1.32. The van der Waals surface area contributed by atoms with Crippen molar-refractivity contribution in [1.82, 2.24) is 14.8 Å². The van der Waals surface area contributed by atoms with E-state index in [2.05, 4.69) is 25.6 Å². The molecule has 5 aromatic rings. The van der Waals surface area contributed by atoms with E-state index in [-0.39, 0.29) is 5.75 Å². The fourth-order valence-corrected chi connectivity index (χ4v) is 4.36. The monoisotopic (exact) mass is 515 g/mol. The number of aromatic nitrogens is 2. The van der Waals surface area contributed by atoms with Crippen LogP contribution in [0, 0.1) is 13.8 Å². The second-order valence-corrected chi connectivity index (χ2v) is 8.90. The minimum atomic E-state index is -2.85. The van der Waals surface area contributed by atoms with E-state index in [1.165, 1.54) is 12.1 Å². The van der Waals surface area contributed by atoms with Crippen molar-refractivity contribution in [1.29, 1.82) is 0 Å². The van der Waals surface area contributed by atoms with Crippen LogP contribution in [0.4, 0.5) is 14.5 Å². The number of fused-ring (bicyclic) bond motifs is 3. The number of rotatable bonds is 6. The molecule has 0 aliphatic heterocycles. The van der Waals surface area contributed by atoms with Gasteiger partial charge < -0.3 is 10.1 Å². The Morgan fingerprint density at radius 3 is 2.54 bits per heavy atom. The smallest absolute Gasteiger partial charge is 0.387 e. The molecule has 0 saturated carbocycles. The lowest BCUT2D eigenvalue weighted by Gasteiger charge is -2.12. The number of pyridine rings is 1. The third-order valence-corrected chi connectivity index (χ3v) is 6.18. The van der Waals surface area contributed by atoms with Crippen LogP contribution >= 0.6 is 12.2 Å². The molecule has 0 saturated heterocycles. The standard InChI is InChI=1S/C28H23F2N5OS/c1-17-4-3-5-18(2)25(17)33-28(37)34-32-15-19-6-11-23-21(14-19)12-13-35-24(16-31-26(23)35)20-7-9-22(10-8-20)36-27(29)30/h3-16,27H,1-2H3,(H2,33,34,37). The molecule has 0 fully saturated rings. The van der Waals surface area contributed by atoms with E-state index in [4.69, 9.17) is 12.2 Å². The Morgan fingerprint density at radius 1 is 1.05 bits per heavy atom. The number of nitrogens with one attached hydrogen (secondary N) is 2. The van der Waals surface area contributed by atoms with E-state index in [0.717, 1.165) is 50.1 Å². The van der Waals surface area contributed by atoms with Gasteiger partial charge in [0.2, 0.25) is 0 Å². The molecular formula is C28H23F2N5OS. The molecule has 9 heteroatoms. The summed E-state index contributed by atoms with van der Waals surface area (Å²) in [6, 6.07) is 20.5. The normalized spacial score (nSPS) is 11.5. The lowest BCUT2D eigenvalue weighted by atomic mass is 10.1. The van der Waals surface area contributed by atoms with Gasteiger partial charge in [0, 0.05) is 22.8 Å². The van der Waals surface area contributed by atoms with Crippen molar-refractivity contribution in [2.75, 3.05) is 5.32 Å². The number of thiocarbonyl (C=S) groups is 1. The number of imidazole rings is 1. The molecule has 2 N–H and O–H groups in total. The Kier molecular flexibility index (Phi) is 6.78. The first-order valence-electron chi connectivity index (χ1n) is 11.5. The van der Waals surface area contributed by atoms with E-state index in [0.29, 0.717) is 5.11 Å². The highest BCUT2D eigenvalue weighted by Gasteiger charge is 2.11. The highest BCUT2D eigenvalue weighted by molar-refractivity contribution is 7.80. The molecule has 0 bridgehead atoms. The predicted octanol–water partition coefficient (Wildman–Crippen LogP) is 6.69. The number of anilines is 1. The van der Waals surface area contributed by atoms with Gasteiger partial charge in [0.15, 0.2) is 5.11 Å². The molecule has 6 nitrogen and oxygen atoms in total. The highest BCUT2D eigenvalue weighted by atomic mass is 32.1. The number of hydrazone groups is 1. The van der Waals surface area contributed by atoms with Crippen LogP contribution in [-0.2, 0) is 0 Å². The first-order valence-corrected chi connectivity index (χ1v) is 11.9. The number of alkyl halides is 2. The van der Waals surface area contributed by atoms with Gasteiger partial charge in [0.05, 0.1) is 18.1 Å². The molecule has 186 valence electrons. The van der Waals surface area contributed by atoms with Crippen molar-refractivity contribution in [3.63, 3.8) is 0 Å². The molecule has 0 aliphatic rings. The SMILES string of the molecule is Cc1cccc(C)c1NC(=S)NN=Cc1ccc2c(ccn3c(-c4ccc(OC(F)F)cc4)cnc23)c1. The average molecular weight is 516 g/mol. The molecule has 37 heavy (non-hydrogen) atoms. The quantitative estimate of drug-likeness (QED) is 0.150. The molecule has 2 heterocycles. The molecule has 5 rings (SSSR count). The number of benzene rings is 3. The maximum absolute atomic E-state index is 12.4. The third kappa shape index (κ3) is 5.26. The summed E-state index contributed by atoms with van der Waals surface area (Å²) in [5.41, 5.74) is 9.44. The minimum absolute atomic E-state index is 0.114. The molecule has 0 spiro atoms. The van der Waals surface area contributed by atoms with E-state index < -0.39 is 6.61 Å². The van der Waals surface area contributed by atoms with Crippen LogP contribution in [0.1, 0.15) is 16.7 Å². The second kappa shape index (κ2) is 10.3. The van der Waals surface area contributed by atoms with Crippen LogP contribution in [0.3, 0.4) is 0 Å². The van der Waals surface area contributed by atoms with Gasteiger partial charge in [-0.1, -0.05) is 24.3 Å². The molecule has 0 unspecified atom stereocenters. The third-order valence-electron chi connectivity index (χ3n) is 5.99. The van der Waals surface area contributed by atoms with Crippen LogP contribution in [0.15, 0.2) is 84.2 Å². The van der Waals surface area contributed by atoms with Crippen molar-refractivity contribution >= 4 is 45.7 Å². The van der Waals surface area contributed by atoms with Gasteiger partial charge in [-0.3, -0.25) is 9.83 Å². The lowest BCUT2D eigenvalue weighted by Crippen LogP contribution is -2.24. The zero-order valence-electron chi connectivity index (χ0n) is 20.1. The van der Waals surface area contributed by atoms with Crippen LogP contribution in [0.25, 0.3) is 27.7 Å². The Labute approximate surface area is 217 Å². The van der Waals surface area contributed by atoms with Crippen molar-refractivity contribution in [2.24, 2.45) is 5.10 Å². The van der Waals surface area contributed by atoms with Crippen molar-refractivity contribution in [3.05, 3.63) is 95.8 Å². The zero-order valence-corrected chi connectivity index (χ0v) is 20.9. The fourth-order valence-electron chi connectivity index (χ4n) is 4.21. The van der Waals surface area contributed by atoms with Gasteiger partial charge in [0.1, 0.15) is 11.4 Å². The van der Waals surface area contributed by atoms with E-state index in [1.807, 2.05) is 66.9 Å². The summed E-state index contributed by atoms with van der Waals surface area (Å²) in [6.45, 7) is 1.20. The van der Waals surface area contributed by atoms with Gasteiger partial charge >= 0.3 is 6.61 Å². The van der Waals surface area contributed by atoms with E-state index >= 15 is 0 Å². The Bertz CT molecular complexity index is 1610. The van der Waals surface area contributed by atoms with Crippen molar-refractivity contribution < 1.29 is 13.5 Å². The van der Waals surface area contributed by atoms with Gasteiger partial charge in [-0.2, -0.15) is 13.9 Å². The van der Waals surface area contributed by atoms with Crippen molar-refractivity contribution in [2.45, 2.75) is 20.5 Å². The lowest BCUT2D eigenvalue weighted by molar-refractivity contribution is -0.0498. The summed E-state index contributed by atoms with van der Waals surface area (Å²) in [6.07, 6.45) is 5.41. The maximum atomic E-state index is 12.4. The van der Waals surface area contributed by atoms with E-state index in [1.54, 1.807) is 24.5 Å². The molecule has 0 amide bonds. The van der Waals surface area contributed by atoms with Crippen LogP contribution < -0.4 is 15.5 Å². The summed E-state index contributed by atoms with van der Waals surface area (Å²) in [4.78, 5) is 4.60. The molecular weight excluding hydrogens is 492 g/mol. The number of halogens is 2. The molecule has 0 atom stereocenters. The van der Waals surface area contributed by atoms with Crippen LogP contribution in [0.2, 0.25) is 0 Å². The molecule has 2 aromatic heterocycles. The van der Waals surface area contributed by atoms with Gasteiger partial charge in [0.25, 0.3) is 0 Å². The molecule has 0 aliphatic carbocycles. The van der Waals surface area contributed by atoms with E-state index in [9.17, 15) is 8.78 Å². The van der Waals surface area contributed by atoms with Crippen molar-refractivity contribution in [3.8, 4) is 17.0 Å². The van der Waals surface area contributed by atoms with Gasteiger partial charge in [-0.05, 0) is 90.6 Å². The summed E-state index contributed by atoms with van der Waals surface area (Å²) >= 11 is 5.38. The predicted molar refractivity (Wildman–Crippen MR) is 148 cm³/mol. The highest BCUT2D eigenvalue weighted by Crippen LogP contribution is 2.28. The molecule has 3 aromatic carbocycles. The first-order chi connectivity index (χ1) is 17.9. The number of para-hydroxylation sites is 1. The number of ether oxygens (including phenoxy) is 1. The summed E-state index contributed by atoms with van der Waals surface area (Å²) in [5.74, 6) is 0.114. The fraction of sp³-hybridized carbons (Fsp3) is 0.107. The summed E-state index contributed by atoms with van der Waals surface area (Å²) < 4.78 is 31.3. The van der Waals surface area contributed by atoms with Gasteiger partial charge in [-0.25, -0.2) is 4.98 Å². The van der Waals surface area contributed by atoms with Crippen LogP contribution in [-0.4, -0.2) is 27.3 Å². The van der Waals surface area contributed by atoms with Crippen LogP contribution in [0.5, 0.6) is 5.75 Å². The number of nitrogens with zero attached hydrogens (tertiary/aromatic N) is 3. The number of hydrogen-bond donors (Lipinski definition) is 2.